The lowest BCUT2D eigenvalue weighted by Crippen LogP contribution is -2.25. The molecule has 0 fully saturated rings. The molecule has 4 aromatic carbocycles. The molecule has 0 radical (unpaired) electrons. The topological polar surface area (TPSA) is 34.1 Å². The minimum Gasteiger partial charge on any atom is -0.227 e. The zero-order chi connectivity index (χ0) is 33.4. The molecule has 2 unspecified atom stereocenters. The zero-order valence-electron chi connectivity index (χ0n) is 21.8. The van der Waals surface area contributed by atoms with Gasteiger partial charge in [-0.2, -0.15) is 0 Å². The highest BCUT2D eigenvalue weighted by atomic mass is 32.2. The number of sulfone groups is 1. The third-order valence-corrected chi connectivity index (χ3v) is 8.63. The molecule has 0 spiro atoms. The molecule has 0 saturated carbocycles. The Morgan fingerprint density at radius 3 is 0.911 bits per heavy atom. The van der Waals surface area contributed by atoms with Crippen LogP contribution < -0.4 is 0 Å². The number of benzene rings is 4. The van der Waals surface area contributed by atoms with Gasteiger partial charge in [0.15, 0.2) is 56.4 Å². The van der Waals surface area contributed by atoms with Gasteiger partial charge in [-0.1, -0.05) is 48.6 Å². The van der Waals surface area contributed by atoms with Gasteiger partial charge in [-0.05, 0) is 35.4 Å². The average Bonchev–Trinajstić information content (AvgIpc) is 3.01. The molecule has 45 heavy (non-hydrogen) atoms. The van der Waals surface area contributed by atoms with Gasteiger partial charge in [0.05, 0.1) is 11.1 Å². The monoisotopic (exact) mass is 666 g/mol. The second-order valence-electron chi connectivity index (χ2n) is 9.22. The molecule has 0 saturated heterocycles. The summed E-state index contributed by atoms with van der Waals surface area (Å²) in [4.78, 5) is 0. The lowest BCUT2D eigenvalue weighted by atomic mass is 10.1. The molecule has 0 N–H and O–H groups in total. The first-order valence-electron chi connectivity index (χ1n) is 12.2. The summed E-state index contributed by atoms with van der Waals surface area (Å²) >= 11 is 0. The van der Waals surface area contributed by atoms with E-state index in [9.17, 15) is 43.5 Å². The van der Waals surface area contributed by atoms with E-state index in [1.54, 1.807) is 0 Å². The van der Waals surface area contributed by atoms with Crippen molar-refractivity contribution in [1.82, 2.24) is 0 Å². The van der Waals surface area contributed by atoms with Gasteiger partial charge in [-0.15, -0.1) is 0 Å². The van der Waals surface area contributed by atoms with Gasteiger partial charge < -0.3 is 0 Å². The number of hydrogen-bond donors (Lipinski definition) is 0. The lowest BCUT2D eigenvalue weighted by Gasteiger charge is -2.23. The van der Waals surface area contributed by atoms with Crippen LogP contribution in [0.5, 0.6) is 0 Å². The van der Waals surface area contributed by atoms with Crippen LogP contribution in [0, 0.1) is 69.8 Å². The molecule has 4 rings (SSSR count). The molecule has 15 heteroatoms. The van der Waals surface area contributed by atoms with E-state index in [2.05, 4.69) is 0 Å². The first-order chi connectivity index (χ1) is 21.1. The summed E-state index contributed by atoms with van der Waals surface area (Å²) in [5.41, 5.74) is -4.35. The highest BCUT2D eigenvalue weighted by Crippen LogP contribution is 2.43. The number of halogens is 12. The molecule has 0 aliphatic rings. The quantitative estimate of drug-likeness (QED) is 0.107. The maximum atomic E-state index is 15.0. The predicted octanol–water partition coefficient (Wildman–Crippen LogP) is 8.98. The van der Waals surface area contributed by atoms with Crippen molar-refractivity contribution in [3.63, 3.8) is 0 Å². The van der Waals surface area contributed by atoms with Crippen LogP contribution in [0.4, 0.5) is 52.7 Å². The summed E-state index contributed by atoms with van der Waals surface area (Å²) in [7, 11) is -5.90. The van der Waals surface area contributed by atoms with Crippen LogP contribution in [-0.4, -0.2) is 8.42 Å². The van der Waals surface area contributed by atoms with Crippen molar-refractivity contribution in [1.29, 1.82) is 0 Å². The van der Waals surface area contributed by atoms with Gasteiger partial charge in [0, 0.05) is 0 Å². The molecule has 0 bridgehead atoms. The molecule has 4 aromatic rings. The van der Waals surface area contributed by atoms with Crippen LogP contribution in [0.1, 0.15) is 32.8 Å². The smallest absolute Gasteiger partial charge is 0.200 e. The molecular formula is C30H14F12O2S. The van der Waals surface area contributed by atoms with Crippen LogP contribution in [-0.2, 0) is 9.84 Å². The van der Waals surface area contributed by atoms with Gasteiger partial charge in [-0.25, -0.2) is 61.1 Å². The van der Waals surface area contributed by atoms with Crippen molar-refractivity contribution in [3.8, 4) is 0 Å². The Morgan fingerprint density at radius 1 is 0.400 bits per heavy atom. The normalized spacial score (nSPS) is 13.6. The number of rotatable bonds is 8. The van der Waals surface area contributed by atoms with E-state index < -0.39 is 101 Å². The van der Waals surface area contributed by atoms with Crippen LogP contribution in [0.25, 0.3) is 12.2 Å². The van der Waals surface area contributed by atoms with Gasteiger partial charge in [-0.3, -0.25) is 0 Å². The van der Waals surface area contributed by atoms with Gasteiger partial charge >= 0.3 is 0 Å². The Bertz CT molecular complexity index is 1740. The molecule has 0 aromatic heterocycles. The van der Waals surface area contributed by atoms with Crippen LogP contribution in [0.15, 0.2) is 60.7 Å². The molecule has 0 amide bonds. The highest BCUT2D eigenvalue weighted by Gasteiger charge is 2.43. The summed E-state index contributed by atoms with van der Waals surface area (Å²) in [5.74, 6) is -28.2. The Balaban J connectivity index is 2.07. The zero-order valence-corrected chi connectivity index (χ0v) is 22.7. The van der Waals surface area contributed by atoms with E-state index in [0.29, 0.717) is 24.3 Å². The van der Waals surface area contributed by atoms with E-state index in [4.69, 9.17) is 0 Å². The van der Waals surface area contributed by atoms with Crippen molar-refractivity contribution in [2.45, 2.75) is 10.5 Å². The van der Waals surface area contributed by atoms with Gasteiger partial charge in [0.1, 0.15) is 22.1 Å². The lowest BCUT2D eigenvalue weighted by molar-refractivity contribution is 0.369. The first-order valence-corrected chi connectivity index (χ1v) is 13.8. The summed E-state index contributed by atoms with van der Waals surface area (Å²) < 4.78 is 200. The second kappa shape index (κ2) is 12.8. The molecule has 0 heterocycles. The van der Waals surface area contributed by atoms with E-state index in [1.165, 1.54) is 0 Å². The van der Waals surface area contributed by atoms with Crippen molar-refractivity contribution < 1.29 is 61.1 Å². The molecular weight excluding hydrogens is 652 g/mol. The van der Waals surface area contributed by atoms with E-state index in [0.717, 1.165) is 48.5 Å². The summed E-state index contributed by atoms with van der Waals surface area (Å²) in [6.07, 6.45) is 2.04. The van der Waals surface area contributed by atoms with E-state index >= 15 is 17.6 Å². The van der Waals surface area contributed by atoms with Crippen molar-refractivity contribution in [3.05, 3.63) is 153 Å². The molecule has 2 nitrogen and oxygen atoms in total. The van der Waals surface area contributed by atoms with E-state index in [1.807, 2.05) is 0 Å². The fraction of sp³-hybridized carbons (Fsp3) is 0.0667. The Kier molecular flexibility index (Phi) is 9.51. The maximum Gasteiger partial charge on any atom is 0.200 e. The van der Waals surface area contributed by atoms with Crippen molar-refractivity contribution >= 4 is 22.0 Å². The third kappa shape index (κ3) is 6.34. The van der Waals surface area contributed by atoms with Crippen LogP contribution in [0.3, 0.4) is 0 Å². The molecule has 0 aliphatic carbocycles. The standard InChI is InChI=1S/C30H14F12O2S/c31-15-7-1-13(2-8-15)5-11-17(19-21(33)25(37)29(41)26(38)22(19)34)45(43,44)18(12-6-14-3-9-16(32)10-4-14)20-23(35)27(39)30(42)28(40)24(20)36/h1-12,17-18H/b11-5+,12-6+. The summed E-state index contributed by atoms with van der Waals surface area (Å²) in [5, 5.41) is -6.13. The molecule has 2 atom stereocenters. The SMILES string of the molecule is O=S(=O)(C(/C=C/c1ccc(F)cc1)c1c(F)c(F)c(F)c(F)c1F)C(/C=C/c1ccc(F)cc1)c1c(F)c(F)c(F)c(F)c1F. The molecule has 0 aliphatic heterocycles. The first kappa shape index (κ1) is 33.4. The Hall–Kier alpha value is -4.53. The number of hydrogen-bond acceptors (Lipinski definition) is 2. The maximum absolute atomic E-state index is 15.0. The van der Waals surface area contributed by atoms with E-state index in [-0.39, 0.29) is 11.1 Å². The predicted molar refractivity (Wildman–Crippen MR) is 138 cm³/mol. The summed E-state index contributed by atoms with van der Waals surface area (Å²) in [6, 6.07) is 7.31. The van der Waals surface area contributed by atoms with Crippen LogP contribution >= 0.6 is 0 Å². The van der Waals surface area contributed by atoms with Crippen molar-refractivity contribution in [2.24, 2.45) is 0 Å². The van der Waals surface area contributed by atoms with Gasteiger partial charge in [0.2, 0.25) is 11.6 Å². The summed E-state index contributed by atoms with van der Waals surface area (Å²) in [6.45, 7) is 0. The average molecular weight is 666 g/mol. The Labute approximate surface area is 246 Å². The molecule has 236 valence electrons. The highest BCUT2D eigenvalue weighted by molar-refractivity contribution is 7.92. The minimum atomic E-state index is -5.90. The fourth-order valence-corrected chi connectivity index (χ4v) is 6.17. The Morgan fingerprint density at radius 2 is 0.644 bits per heavy atom. The fourth-order valence-electron chi connectivity index (χ4n) is 4.19. The second-order valence-corrected chi connectivity index (χ2v) is 11.4. The van der Waals surface area contributed by atoms with Gasteiger partial charge in [0.25, 0.3) is 0 Å². The van der Waals surface area contributed by atoms with Crippen molar-refractivity contribution in [2.75, 3.05) is 0 Å². The third-order valence-electron chi connectivity index (χ3n) is 6.43. The largest absolute Gasteiger partial charge is 0.227 e. The van der Waals surface area contributed by atoms with Crippen LogP contribution in [0.2, 0.25) is 0 Å². The minimum absolute atomic E-state index is 0.116.